The lowest BCUT2D eigenvalue weighted by atomic mass is 10.0. The molecule has 3 rings (SSSR count). The van der Waals surface area contributed by atoms with E-state index in [0.717, 1.165) is 17.7 Å². The van der Waals surface area contributed by atoms with Crippen LogP contribution >= 0.6 is 23.8 Å². The highest BCUT2D eigenvalue weighted by Gasteiger charge is 2.45. The maximum absolute atomic E-state index is 12.8. The lowest BCUT2D eigenvalue weighted by Gasteiger charge is -2.21. The molecule has 1 aromatic carbocycles. The fourth-order valence-electron chi connectivity index (χ4n) is 2.61. The molecule has 2 unspecified atom stereocenters. The lowest BCUT2D eigenvalue weighted by Crippen LogP contribution is -2.24. The molecule has 1 heterocycles. The van der Waals surface area contributed by atoms with Gasteiger partial charge in [0.25, 0.3) is 0 Å². The number of benzene rings is 1. The summed E-state index contributed by atoms with van der Waals surface area (Å²) in [6.07, 6.45) is 4.10. The van der Waals surface area contributed by atoms with Gasteiger partial charge in [-0.1, -0.05) is 29.0 Å². The first kappa shape index (κ1) is 15.2. The van der Waals surface area contributed by atoms with Crippen molar-refractivity contribution in [1.29, 1.82) is 0 Å². The molecule has 2 aromatic rings. The molecule has 4 nitrogen and oxygen atoms in total. The first-order chi connectivity index (χ1) is 10.5. The first-order valence-corrected chi connectivity index (χ1v) is 7.75. The van der Waals surface area contributed by atoms with Crippen molar-refractivity contribution < 1.29 is 9.32 Å². The van der Waals surface area contributed by atoms with Gasteiger partial charge in [-0.2, -0.15) is 0 Å². The summed E-state index contributed by atoms with van der Waals surface area (Å²) >= 11 is 11.3. The molecular formula is C16H15ClN2O2S. The van der Waals surface area contributed by atoms with Gasteiger partial charge in [-0.05, 0) is 37.5 Å². The molecule has 1 saturated carbocycles. The second kappa shape index (κ2) is 5.82. The zero-order valence-corrected chi connectivity index (χ0v) is 13.8. The minimum absolute atomic E-state index is 0.0295. The van der Waals surface area contributed by atoms with Gasteiger partial charge >= 0.3 is 0 Å². The minimum atomic E-state index is -0.0295. The van der Waals surface area contributed by atoms with Crippen LogP contribution in [-0.2, 0) is 0 Å². The summed E-state index contributed by atoms with van der Waals surface area (Å²) in [6, 6.07) is 5.29. The summed E-state index contributed by atoms with van der Waals surface area (Å²) in [5, 5.41) is 4.29. The number of aromatic nitrogens is 1. The Labute approximate surface area is 139 Å². The molecule has 0 N–H and O–H groups in total. The van der Waals surface area contributed by atoms with Crippen LogP contribution in [0.15, 0.2) is 35.2 Å². The maximum Gasteiger partial charge on any atom is 0.168 e. The van der Waals surface area contributed by atoms with Crippen molar-refractivity contribution in [3.05, 3.63) is 46.8 Å². The minimum Gasteiger partial charge on any atom is -0.364 e. The van der Waals surface area contributed by atoms with Gasteiger partial charge in [0.05, 0.1) is 16.9 Å². The number of carbonyl (C=O) groups is 1. The van der Waals surface area contributed by atoms with E-state index in [4.69, 9.17) is 28.3 Å². The maximum atomic E-state index is 12.8. The Kier molecular flexibility index (Phi) is 4.02. The number of anilines is 1. The fraction of sp³-hybridized carbons (Fsp3) is 0.312. The van der Waals surface area contributed by atoms with E-state index in [1.54, 1.807) is 30.7 Å². The van der Waals surface area contributed by atoms with E-state index < -0.39 is 0 Å². The second-order valence-corrected chi connectivity index (χ2v) is 6.54. The molecule has 22 heavy (non-hydrogen) atoms. The SMILES string of the molecule is CC(=S)N(C)c1cc(Cl)ccc1C(=O)C1CC1c1cnoc1. The van der Waals surface area contributed by atoms with E-state index in [9.17, 15) is 4.79 Å². The molecule has 114 valence electrons. The number of carbonyl (C=O) groups excluding carboxylic acids is 1. The van der Waals surface area contributed by atoms with Crippen molar-refractivity contribution >= 4 is 40.3 Å². The van der Waals surface area contributed by atoms with E-state index >= 15 is 0 Å². The largest absolute Gasteiger partial charge is 0.364 e. The molecule has 1 fully saturated rings. The van der Waals surface area contributed by atoms with Gasteiger partial charge in [0.15, 0.2) is 5.78 Å². The highest BCUT2D eigenvalue weighted by molar-refractivity contribution is 7.80. The van der Waals surface area contributed by atoms with Gasteiger partial charge in [0.2, 0.25) is 0 Å². The molecule has 0 radical (unpaired) electrons. The molecule has 1 aliphatic rings. The van der Waals surface area contributed by atoms with Crippen LogP contribution in [0.4, 0.5) is 5.69 Å². The van der Waals surface area contributed by atoms with Crippen LogP contribution in [0.25, 0.3) is 0 Å². The van der Waals surface area contributed by atoms with E-state index in [2.05, 4.69) is 5.16 Å². The number of hydrogen-bond donors (Lipinski definition) is 0. The van der Waals surface area contributed by atoms with Crippen molar-refractivity contribution in [2.45, 2.75) is 19.3 Å². The Bertz CT molecular complexity index is 730. The lowest BCUT2D eigenvalue weighted by molar-refractivity contribution is 0.0966. The number of thiocarbonyl (C=S) groups is 1. The van der Waals surface area contributed by atoms with E-state index in [1.807, 2.05) is 18.9 Å². The quantitative estimate of drug-likeness (QED) is 0.622. The third-order valence-corrected chi connectivity index (χ3v) is 4.57. The summed E-state index contributed by atoms with van der Waals surface area (Å²) in [5.41, 5.74) is 2.38. The fourth-order valence-corrected chi connectivity index (χ4v) is 2.87. The summed E-state index contributed by atoms with van der Waals surface area (Å²) < 4.78 is 4.85. The van der Waals surface area contributed by atoms with Crippen molar-refractivity contribution in [1.82, 2.24) is 5.16 Å². The van der Waals surface area contributed by atoms with Gasteiger partial charge < -0.3 is 9.42 Å². The van der Waals surface area contributed by atoms with Crippen molar-refractivity contribution in [2.24, 2.45) is 5.92 Å². The Hall–Kier alpha value is -1.72. The smallest absolute Gasteiger partial charge is 0.168 e. The number of halogens is 1. The van der Waals surface area contributed by atoms with Crippen LogP contribution in [0.1, 0.15) is 35.2 Å². The monoisotopic (exact) mass is 334 g/mol. The number of rotatable bonds is 4. The topological polar surface area (TPSA) is 46.3 Å². The Morgan fingerprint density at radius 2 is 2.27 bits per heavy atom. The molecule has 0 amide bonds. The summed E-state index contributed by atoms with van der Waals surface area (Å²) in [6.45, 7) is 1.82. The van der Waals surface area contributed by atoms with Gasteiger partial charge in [-0.3, -0.25) is 4.79 Å². The van der Waals surface area contributed by atoms with Gasteiger partial charge in [0.1, 0.15) is 6.26 Å². The van der Waals surface area contributed by atoms with Gasteiger partial charge in [-0.25, -0.2) is 0 Å². The van der Waals surface area contributed by atoms with Gasteiger partial charge in [0, 0.05) is 29.1 Å². The number of Topliss-reactive ketones (excluding diaryl/α,β-unsaturated/α-hetero) is 1. The number of ketones is 1. The van der Waals surface area contributed by atoms with Crippen LogP contribution in [-0.4, -0.2) is 23.0 Å². The van der Waals surface area contributed by atoms with E-state index in [0.29, 0.717) is 15.6 Å². The summed E-state index contributed by atoms with van der Waals surface area (Å²) in [7, 11) is 1.84. The molecule has 1 aliphatic carbocycles. The zero-order valence-electron chi connectivity index (χ0n) is 12.2. The molecule has 2 atom stereocenters. The van der Waals surface area contributed by atoms with Crippen molar-refractivity contribution in [3.8, 4) is 0 Å². The predicted molar refractivity (Wildman–Crippen MR) is 89.8 cm³/mol. The Balaban J connectivity index is 1.89. The number of nitrogens with zero attached hydrogens (tertiary/aromatic N) is 2. The second-order valence-electron chi connectivity index (χ2n) is 5.51. The first-order valence-electron chi connectivity index (χ1n) is 6.96. The Morgan fingerprint density at radius 1 is 1.50 bits per heavy atom. The summed E-state index contributed by atoms with van der Waals surface area (Å²) in [5.74, 6) is 0.278. The third-order valence-electron chi connectivity index (χ3n) is 4.07. The van der Waals surface area contributed by atoms with Crippen LogP contribution in [0.5, 0.6) is 0 Å². The van der Waals surface area contributed by atoms with Crippen molar-refractivity contribution in [2.75, 3.05) is 11.9 Å². The predicted octanol–water partition coefficient (Wildman–Crippen LogP) is 4.10. The average Bonchev–Trinajstić information content (AvgIpc) is 3.11. The molecule has 0 spiro atoms. The molecular weight excluding hydrogens is 320 g/mol. The molecule has 0 saturated heterocycles. The summed E-state index contributed by atoms with van der Waals surface area (Å²) in [4.78, 5) is 15.3. The van der Waals surface area contributed by atoms with Crippen LogP contribution < -0.4 is 4.90 Å². The molecule has 0 bridgehead atoms. The number of hydrogen-bond acceptors (Lipinski definition) is 4. The zero-order chi connectivity index (χ0) is 15.9. The highest BCUT2D eigenvalue weighted by Crippen LogP contribution is 2.49. The molecule has 0 aliphatic heterocycles. The average molecular weight is 335 g/mol. The van der Waals surface area contributed by atoms with Crippen LogP contribution in [0.3, 0.4) is 0 Å². The van der Waals surface area contributed by atoms with Crippen LogP contribution in [0, 0.1) is 5.92 Å². The highest BCUT2D eigenvalue weighted by atomic mass is 35.5. The van der Waals surface area contributed by atoms with Crippen LogP contribution in [0.2, 0.25) is 5.02 Å². The van der Waals surface area contributed by atoms with Crippen molar-refractivity contribution in [3.63, 3.8) is 0 Å². The molecule has 1 aromatic heterocycles. The van der Waals surface area contributed by atoms with E-state index in [-0.39, 0.29) is 17.6 Å². The molecule has 6 heteroatoms. The standard InChI is InChI=1S/C16H15ClN2O2S/c1-9(22)19(2)15-5-11(17)3-4-12(15)16(20)14-6-13(14)10-7-18-21-8-10/h3-5,7-8,13-14H,6H2,1-2H3. The third kappa shape index (κ3) is 2.78. The van der Waals surface area contributed by atoms with E-state index in [1.165, 1.54) is 0 Å². The van der Waals surface area contributed by atoms with Gasteiger partial charge in [-0.15, -0.1) is 0 Å². The Morgan fingerprint density at radius 3 is 2.91 bits per heavy atom. The normalized spacial score (nSPS) is 19.8.